The highest BCUT2D eigenvalue weighted by atomic mass is 15.6. The quantitative estimate of drug-likeness (QED) is 0.183. The van der Waals surface area contributed by atoms with Crippen LogP contribution in [0, 0.1) is 27.7 Å². The van der Waals surface area contributed by atoms with Gasteiger partial charge in [0.15, 0.2) is 11.1 Å². The number of rotatable bonds is 2. The number of hydrogen-bond donors (Lipinski definition) is 0. The van der Waals surface area contributed by atoms with Gasteiger partial charge in [0, 0.05) is 30.7 Å². The lowest BCUT2D eigenvalue weighted by Crippen LogP contribution is -2.76. The normalized spacial score (nSPS) is 16.3. The summed E-state index contributed by atoms with van der Waals surface area (Å²) in [5.74, 6) is 0. The maximum atomic E-state index is 2.59. The first kappa shape index (κ1) is 24.6. The van der Waals surface area contributed by atoms with Crippen LogP contribution in [0.3, 0.4) is 0 Å². The summed E-state index contributed by atoms with van der Waals surface area (Å²) in [6.45, 7) is 9.07. The van der Waals surface area contributed by atoms with Crippen molar-refractivity contribution < 1.29 is 9.36 Å². The molecule has 0 radical (unpaired) electrons. The topological polar surface area (TPSA) is 22.5 Å². The average Bonchev–Trinajstić information content (AvgIpc) is 3.84. The van der Waals surface area contributed by atoms with Gasteiger partial charge in [-0.1, -0.05) is 72.8 Å². The second-order valence-electron chi connectivity index (χ2n) is 13.3. The van der Waals surface area contributed by atoms with Crippen LogP contribution in [0.15, 0.2) is 115 Å². The van der Waals surface area contributed by atoms with E-state index in [2.05, 4.69) is 166 Å². The van der Waals surface area contributed by atoms with Crippen molar-refractivity contribution in [2.75, 3.05) is 0 Å². The molecule has 0 saturated heterocycles. The van der Waals surface area contributed by atoms with Crippen LogP contribution < -0.4 is 9.36 Å². The van der Waals surface area contributed by atoms with Gasteiger partial charge in [0.2, 0.25) is 11.4 Å². The second-order valence-corrected chi connectivity index (χ2v) is 13.3. The van der Waals surface area contributed by atoms with Crippen molar-refractivity contribution in [3.05, 3.63) is 149 Å². The van der Waals surface area contributed by atoms with Crippen LogP contribution in [0.25, 0.3) is 61.1 Å². The van der Waals surface area contributed by atoms with Crippen molar-refractivity contribution in [1.29, 1.82) is 0 Å². The van der Waals surface area contributed by atoms with Gasteiger partial charge in [-0.25, -0.2) is 0 Å². The maximum absolute atomic E-state index is 2.59. The molecule has 3 aliphatic rings. The van der Waals surface area contributed by atoms with Crippen LogP contribution in [0.4, 0.5) is 0 Å². The van der Waals surface area contributed by atoms with Crippen LogP contribution in [-0.4, -0.2) is 13.9 Å². The van der Waals surface area contributed by atoms with Gasteiger partial charge in [-0.2, -0.15) is 0 Å². The van der Waals surface area contributed by atoms with Crippen molar-refractivity contribution >= 4 is 21.8 Å². The van der Waals surface area contributed by atoms with Gasteiger partial charge >= 0.3 is 5.66 Å². The minimum atomic E-state index is -0.566. The van der Waals surface area contributed by atoms with E-state index in [-0.39, 0.29) is 0 Å². The molecular formula is C41H31N5+2. The average molecular weight is 594 g/mol. The zero-order valence-corrected chi connectivity index (χ0v) is 26.2. The molecule has 5 heteroatoms. The fourth-order valence-electron chi connectivity index (χ4n) is 9.32. The Labute approximate surface area is 266 Å². The van der Waals surface area contributed by atoms with E-state index in [1.807, 2.05) is 0 Å². The van der Waals surface area contributed by atoms with E-state index in [9.17, 15) is 0 Å². The van der Waals surface area contributed by atoms with Crippen molar-refractivity contribution in [2.45, 2.75) is 33.4 Å². The van der Waals surface area contributed by atoms with E-state index in [1.54, 1.807) is 0 Å². The largest absolute Gasteiger partial charge is 0.466 e. The molecule has 0 aliphatic carbocycles. The summed E-state index contributed by atoms with van der Waals surface area (Å²) in [6, 6.07) is 40.4. The Morgan fingerprint density at radius 2 is 1.39 bits per heavy atom. The van der Waals surface area contributed by atoms with Gasteiger partial charge < -0.3 is 4.57 Å². The van der Waals surface area contributed by atoms with Gasteiger partial charge in [0.25, 0.3) is 0 Å². The molecule has 0 amide bonds. The van der Waals surface area contributed by atoms with Crippen LogP contribution in [-0.2, 0) is 5.66 Å². The molecule has 218 valence electrons. The maximum Gasteiger partial charge on any atom is 0.466 e. The number of para-hydroxylation sites is 1. The zero-order valence-electron chi connectivity index (χ0n) is 26.2. The highest BCUT2D eigenvalue weighted by Crippen LogP contribution is 2.54. The van der Waals surface area contributed by atoms with Crippen LogP contribution in [0.1, 0.15) is 33.8 Å². The van der Waals surface area contributed by atoms with Crippen LogP contribution in [0.2, 0.25) is 0 Å². The minimum Gasteiger partial charge on any atom is -0.307 e. The van der Waals surface area contributed by atoms with Gasteiger partial charge in [-0.15, -0.1) is 9.36 Å². The standard InChI is InChI=1S/C41H31N5/c1-24-21-29(28-11-6-5-7-12-28)17-18-30(24)33-23-42-35-20-19-32-31-13-8-9-14-34(31)43-36-15-10-16-37-38(36)41(39(35)40(32)43,46(42)27(33)4)45-26(3)22-25(2)44(37)45/h5-23H,1-4H3/q+2. The van der Waals surface area contributed by atoms with Crippen molar-refractivity contribution in [3.63, 3.8) is 0 Å². The predicted octanol–water partition coefficient (Wildman–Crippen LogP) is 7.75. The molecular weight excluding hydrogens is 562 g/mol. The van der Waals surface area contributed by atoms with Crippen molar-refractivity contribution in [3.8, 4) is 39.3 Å². The molecule has 1 spiro atoms. The van der Waals surface area contributed by atoms with Gasteiger partial charge in [-0.3, -0.25) is 0 Å². The predicted molar refractivity (Wildman–Crippen MR) is 181 cm³/mol. The summed E-state index contributed by atoms with van der Waals surface area (Å²) >= 11 is 0. The lowest BCUT2D eigenvalue weighted by molar-refractivity contribution is -1.02. The molecule has 8 aromatic rings. The van der Waals surface area contributed by atoms with Crippen LogP contribution >= 0.6 is 0 Å². The lowest BCUT2D eigenvalue weighted by atomic mass is 9.85. The molecule has 11 rings (SSSR count). The summed E-state index contributed by atoms with van der Waals surface area (Å²) in [6.07, 6.45) is 2.38. The molecule has 0 saturated carbocycles. The van der Waals surface area contributed by atoms with Crippen molar-refractivity contribution in [2.24, 2.45) is 0 Å². The van der Waals surface area contributed by atoms with E-state index in [1.165, 1.54) is 94.9 Å². The minimum absolute atomic E-state index is 0.566. The van der Waals surface area contributed by atoms with Gasteiger partial charge in [-0.05, 0) is 75.8 Å². The highest BCUT2D eigenvalue weighted by molar-refractivity contribution is 6.12. The molecule has 1 unspecified atom stereocenters. The molecule has 46 heavy (non-hydrogen) atoms. The number of nitrogens with zero attached hydrogens (tertiary/aromatic N) is 5. The Hall–Kier alpha value is -5.68. The molecule has 1 atom stereocenters. The van der Waals surface area contributed by atoms with Crippen molar-refractivity contribution in [1.82, 2.24) is 13.9 Å². The first-order chi connectivity index (χ1) is 22.5. The Morgan fingerprint density at radius 1 is 0.587 bits per heavy atom. The third-order valence-electron chi connectivity index (χ3n) is 10.9. The third kappa shape index (κ3) is 2.53. The summed E-state index contributed by atoms with van der Waals surface area (Å²) in [4.78, 5) is 0. The Morgan fingerprint density at radius 3 is 2.24 bits per heavy atom. The first-order valence-electron chi connectivity index (χ1n) is 16.1. The number of fused-ring (bicyclic) bond motifs is 8. The Balaban J connectivity index is 1.29. The molecule has 0 bridgehead atoms. The van der Waals surface area contributed by atoms with Gasteiger partial charge in [0.1, 0.15) is 11.4 Å². The summed E-state index contributed by atoms with van der Waals surface area (Å²) in [7, 11) is 0. The van der Waals surface area contributed by atoms with E-state index in [0.29, 0.717) is 0 Å². The number of benzene rings is 5. The van der Waals surface area contributed by atoms with Gasteiger partial charge in [0.05, 0.1) is 34.2 Å². The Kier molecular flexibility index (Phi) is 4.24. The van der Waals surface area contributed by atoms with E-state index in [0.717, 1.165) is 0 Å². The second kappa shape index (κ2) is 7.93. The fourth-order valence-corrected chi connectivity index (χ4v) is 9.32. The van der Waals surface area contributed by atoms with E-state index in [4.69, 9.17) is 0 Å². The Bertz CT molecular complexity index is 2680. The van der Waals surface area contributed by atoms with Crippen LogP contribution in [0.5, 0.6) is 0 Å². The lowest BCUT2D eigenvalue weighted by Gasteiger charge is -2.23. The monoisotopic (exact) mass is 593 g/mol. The summed E-state index contributed by atoms with van der Waals surface area (Å²) < 4.78 is 12.6. The van der Waals surface area contributed by atoms with E-state index < -0.39 is 5.66 Å². The number of hydrogen-bond acceptors (Lipinski definition) is 0. The molecule has 6 heterocycles. The molecule has 5 aromatic carbocycles. The molecule has 5 nitrogen and oxygen atoms in total. The zero-order chi connectivity index (χ0) is 30.6. The summed E-state index contributed by atoms with van der Waals surface area (Å²) in [5, 5.41) is 2.61. The number of aryl methyl sites for hydroxylation is 3. The molecule has 3 aliphatic heterocycles. The number of aromatic nitrogens is 5. The smallest absolute Gasteiger partial charge is 0.307 e. The molecule has 3 aromatic heterocycles. The highest BCUT2D eigenvalue weighted by Gasteiger charge is 2.74. The van der Waals surface area contributed by atoms with E-state index >= 15 is 0 Å². The molecule has 0 N–H and O–H groups in total. The summed E-state index contributed by atoms with van der Waals surface area (Å²) in [5.41, 5.74) is 18.5. The third-order valence-corrected chi connectivity index (χ3v) is 10.9. The first-order valence-corrected chi connectivity index (χ1v) is 16.1. The fraction of sp³-hybridized carbons (Fsp3) is 0.122. The molecule has 0 fully saturated rings. The SMILES string of the molecule is Cc1cc(-c2ccccc2)ccc1-c1cn2[n+](c1C)C13c4c(cccc4-n4c(C)cc(C)[n+]41)-n1c4ccccc4c4ccc-2c3c41.